The Morgan fingerprint density at radius 1 is 1.19 bits per heavy atom. The summed E-state index contributed by atoms with van der Waals surface area (Å²) in [5.74, 6) is 0.656. The van der Waals surface area contributed by atoms with Crippen LogP contribution < -0.4 is 10.2 Å². The molecule has 0 amide bonds. The van der Waals surface area contributed by atoms with E-state index in [4.69, 9.17) is 0 Å². The Labute approximate surface area is 129 Å². The van der Waals surface area contributed by atoms with Crippen molar-refractivity contribution in [1.29, 1.82) is 0 Å². The molecule has 3 rings (SSSR count). The zero-order valence-corrected chi connectivity index (χ0v) is 13.8. The van der Waals surface area contributed by atoms with Gasteiger partial charge in [0, 0.05) is 23.8 Å². The van der Waals surface area contributed by atoms with Crippen LogP contribution in [0.15, 0.2) is 24.3 Å². The summed E-state index contributed by atoms with van der Waals surface area (Å²) in [6.07, 6.45) is 7.98. The van der Waals surface area contributed by atoms with Gasteiger partial charge in [-0.25, -0.2) is 0 Å². The number of hydrogen-bond acceptors (Lipinski definition) is 2. The van der Waals surface area contributed by atoms with Gasteiger partial charge in [0.05, 0.1) is 0 Å². The molecule has 2 bridgehead atoms. The minimum absolute atomic E-state index is 0.656. The molecule has 0 aliphatic carbocycles. The maximum atomic E-state index is 3.53. The minimum Gasteiger partial charge on any atom is -0.365 e. The number of rotatable bonds is 4. The highest BCUT2D eigenvalue weighted by molar-refractivity contribution is 5.57. The molecular weight excluding hydrogens is 256 g/mol. The summed E-state index contributed by atoms with van der Waals surface area (Å²) in [5, 5.41) is 3.53. The molecule has 2 fully saturated rings. The van der Waals surface area contributed by atoms with Crippen LogP contribution in [-0.4, -0.2) is 25.2 Å². The third kappa shape index (κ3) is 2.83. The average Bonchev–Trinajstić information content (AvgIpc) is 2.52. The smallest absolute Gasteiger partial charge is 0.0406 e. The SMILES string of the molecule is CCC(C)c1ccccc1N1C2CCCC1CC(NC)C2. The van der Waals surface area contributed by atoms with Crippen molar-refractivity contribution in [3.8, 4) is 0 Å². The highest BCUT2D eigenvalue weighted by Crippen LogP contribution is 2.41. The van der Waals surface area contributed by atoms with E-state index in [0.29, 0.717) is 12.0 Å². The lowest BCUT2D eigenvalue weighted by Gasteiger charge is -2.51. The van der Waals surface area contributed by atoms with Crippen LogP contribution in [0, 0.1) is 0 Å². The van der Waals surface area contributed by atoms with Crippen molar-refractivity contribution in [3.63, 3.8) is 0 Å². The lowest BCUT2D eigenvalue weighted by Crippen LogP contribution is -2.56. The first kappa shape index (κ1) is 14.9. The third-order valence-corrected chi connectivity index (χ3v) is 5.74. The van der Waals surface area contributed by atoms with Crippen molar-refractivity contribution in [1.82, 2.24) is 5.32 Å². The monoisotopic (exact) mass is 286 g/mol. The Kier molecular flexibility index (Phi) is 4.54. The lowest BCUT2D eigenvalue weighted by molar-refractivity contribution is 0.252. The van der Waals surface area contributed by atoms with Gasteiger partial charge in [0.25, 0.3) is 0 Å². The molecular formula is C19H30N2. The van der Waals surface area contributed by atoms with E-state index in [0.717, 1.165) is 12.1 Å². The van der Waals surface area contributed by atoms with Crippen LogP contribution in [0.3, 0.4) is 0 Å². The van der Waals surface area contributed by atoms with Crippen molar-refractivity contribution < 1.29 is 0 Å². The number of hydrogen-bond donors (Lipinski definition) is 1. The molecule has 1 aromatic rings. The van der Waals surface area contributed by atoms with Gasteiger partial charge in [0.2, 0.25) is 0 Å². The van der Waals surface area contributed by atoms with E-state index in [9.17, 15) is 0 Å². The Balaban J connectivity index is 1.93. The van der Waals surface area contributed by atoms with E-state index in [2.05, 4.69) is 55.4 Å². The fourth-order valence-electron chi connectivity index (χ4n) is 4.37. The summed E-state index contributed by atoms with van der Waals surface area (Å²) in [5.41, 5.74) is 3.08. The van der Waals surface area contributed by atoms with E-state index < -0.39 is 0 Å². The van der Waals surface area contributed by atoms with Crippen molar-refractivity contribution >= 4 is 5.69 Å². The predicted octanol–water partition coefficient (Wildman–Crippen LogP) is 4.31. The van der Waals surface area contributed by atoms with Crippen LogP contribution in [-0.2, 0) is 0 Å². The Bertz CT molecular complexity index is 456. The molecule has 2 nitrogen and oxygen atoms in total. The van der Waals surface area contributed by atoms with Crippen LogP contribution in [0.5, 0.6) is 0 Å². The third-order valence-electron chi connectivity index (χ3n) is 5.74. The summed E-state index contributed by atoms with van der Waals surface area (Å²) in [4.78, 5) is 2.79. The number of anilines is 1. The first-order chi connectivity index (χ1) is 10.2. The molecule has 2 heterocycles. The molecule has 1 N–H and O–H groups in total. The molecule has 1 aromatic carbocycles. The van der Waals surface area contributed by atoms with Crippen LogP contribution in [0.1, 0.15) is 63.9 Å². The summed E-state index contributed by atoms with van der Waals surface area (Å²) in [6.45, 7) is 4.67. The molecule has 3 atom stereocenters. The van der Waals surface area contributed by atoms with Gasteiger partial charge in [-0.05, 0) is 63.1 Å². The van der Waals surface area contributed by atoms with Crippen molar-refractivity contribution in [2.45, 2.75) is 76.4 Å². The van der Waals surface area contributed by atoms with Crippen LogP contribution in [0.25, 0.3) is 0 Å². The van der Waals surface area contributed by atoms with Crippen LogP contribution >= 0.6 is 0 Å². The fraction of sp³-hybridized carbons (Fsp3) is 0.684. The number of benzene rings is 1. The molecule has 2 heteroatoms. The number of piperidine rings is 2. The zero-order valence-electron chi connectivity index (χ0n) is 13.8. The van der Waals surface area contributed by atoms with Crippen molar-refractivity contribution in [2.75, 3.05) is 11.9 Å². The minimum atomic E-state index is 0.656. The Morgan fingerprint density at radius 3 is 2.48 bits per heavy atom. The quantitative estimate of drug-likeness (QED) is 0.887. The molecule has 0 spiro atoms. The van der Waals surface area contributed by atoms with Gasteiger partial charge in [-0.2, -0.15) is 0 Å². The lowest BCUT2D eigenvalue weighted by atomic mass is 9.80. The molecule has 0 saturated carbocycles. The molecule has 0 aromatic heterocycles. The van der Waals surface area contributed by atoms with E-state index in [-0.39, 0.29) is 0 Å². The van der Waals surface area contributed by atoms with Gasteiger partial charge < -0.3 is 10.2 Å². The maximum absolute atomic E-state index is 3.53. The Morgan fingerprint density at radius 2 is 1.86 bits per heavy atom. The molecule has 0 radical (unpaired) electrons. The first-order valence-corrected chi connectivity index (χ1v) is 8.79. The largest absolute Gasteiger partial charge is 0.365 e. The zero-order chi connectivity index (χ0) is 14.8. The second kappa shape index (κ2) is 6.39. The van der Waals surface area contributed by atoms with E-state index in [1.165, 1.54) is 44.2 Å². The van der Waals surface area contributed by atoms with Gasteiger partial charge in [-0.1, -0.05) is 32.0 Å². The second-order valence-electron chi connectivity index (χ2n) is 6.97. The van der Waals surface area contributed by atoms with Crippen LogP contribution in [0.4, 0.5) is 5.69 Å². The van der Waals surface area contributed by atoms with Gasteiger partial charge in [0.15, 0.2) is 0 Å². The molecule has 21 heavy (non-hydrogen) atoms. The second-order valence-corrected chi connectivity index (χ2v) is 6.97. The molecule has 116 valence electrons. The highest BCUT2D eigenvalue weighted by atomic mass is 15.2. The van der Waals surface area contributed by atoms with E-state index >= 15 is 0 Å². The maximum Gasteiger partial charge on any atom is 0.0406 e. The first-order valence-electron chi connectivity index (χ1n) is 8.79. The van der Waals surface area contributed by atoms with Gasteiger partial charge in [-0.3, -0.25) is 0 Å². The van der Waals surface area contributed by atoms with Crippen molar-refractivity contribution in [3.05, 3.63) is 29.8 Å². The summed E-state index contributed by atoms with van der Waals surface area (Å²) in [6, 6.07) is 11.3. The number of nitrogens with zero attached hydrogens (tertiary/aromatic N) is 1. The van der Waals surface area contributed by atoms with Crippen LogP contribution in [0.2, 0.25) is 0 Å². The van der Waals surface area contributed by atoms with Gasteiger partial charge >= 0.3 is 0 Å². The van der Waals surface area contributed by atoms with Gasteiger partial charge in [-0.15, -0.1) is 0 Å². The number of nitrogens with one attached hydrogen (secondary N) is 1. The van der Waals surface area contributed by atoms with Gasteiger partial charge in [0.1, 0.15) is 0 Å². The topological polar surface area (TPSA) is 15.3 Å². The normalized spacial score (nSPS) is 30.2. The van der Waals surface area contributed by atoms with E-state index in [1.807, 2.05) is 0 Å². The fourth-order valence-corrected chi connectivity index (χ4v) is 4.37. The summed E-state index contributed by atoms with van der Waals surface area (Å²) >= 11 is 0. The summed E-state index contributed by atoms with van der Waals surface area (Å²) in [7, 11) is 2.13. The van der Waals surface area contributed by atoms with Crippen molar-refractivity contribution in [2.24, 2.45) is 0 Å². The highest BCUT2D eigenvalue weighted by Gasteiger charge is 2.38. The number of fused-ring (bicyclic) bond motifs is 2. The predicted molar refractivity (Wildman–Crippen MR) is 91.1 cm³/mol. The molecule has 3 unspecified atom stereocenters. The molecule has 2 saturated heterocycles. The summed E-state index contributed by atoms with van der Waals surface area (Å²) < 4.78 is 0. The standard InChI is InChI=1S/C19H30N2/c1-4-14(2)18-10-5-6-11-19(18)21-16-8-7-9-17(21)13-15(12-16)20-3/h5-6,10-11,14-17,20H,4,7-9,12-13H2,1-3H3. The molecule has 2 aliphatic rings. The molecule has 2 aliphatic heterocycles. The van der Waals surface area contributed by atoms with E-state index in [1.54, 1.807) is 5.56 Å². The Hall–Kier alpha value is -1.02. The average molecular weight is 286 g/mol. The number of para-hydroxylation sites is 1.